The molecule has 2 aliphatic rings. The van der Waals surface area contributed by atoms with Crippen LogP contribution in [0.25, 0.3) is 0 Å². The highest BCUT2D eigenvalue weighted by molar-refractivity contribution is 5.80. The van der Waals surface area contributed by atoms with Crippen molar-refractivity contribution in [3.05, 3.63) is 24.4 Å². The van der Waals surface area contributed by atoms with Crippen LogP contribution in [0.4, 0.5) is 5.82 Å². The molecule has 6 heteroatoms. The molecule has 2 unspecified atom stereocenters. The molecule has 6 nitrogen and oxygen atoms in total. The Kier molecular flexibility index (Phi) is 7.76. The second-order valence-corrected chi connectivity index (χ2v) is 9.37. The maximum Gasteiger partial charge on any atom is 0.191 e. The fourth-order valence-electron chi connectivity index (χ4n) is 4.50. The quantitative estimate of drug-likeness (QED) is 0.585. The van der Waals surface area contributed by atoms with Gasteiger partial charge >= 0.3 is 0 Å². The van der Waals surface area contributed by atoms with Crippen LogP contribution in [0, 0.1) is 11.3 Å². The molecular weight excluding hydrogens is 362 g/mol. The van der Waals surface area contributed by atoms with Crippen LogP contribution in [0.1, 0.15) is 53.4 Å². The fraction of sp³-hybridized carbons (Fsp3) is 0.739. The van der Waals surface area contributed by atoms with E-state index < -0.39 is 0 Å². The Morgan fingerprint density at radius 2 is 2.03 bits per heavy atom. The third-order valence-corrected chi connectivity index (χ3v) is 5.94. The molecule has 2 N–H and O–H groups in total. The highest BCUT2D eigenvalue weighted by atomic mass is 16.5. The molecule has 0 aliphatic carbocycles. The van der Waals surface area contributed by atoms with Gasteiger partial charge in [0.2, 0.25) is 0 Å². The highest BCUT2D eigenvalue weighted by Gasteiger charge is 2.35. The van der Waals surface area contributed by atoms with E-state index in [0.717, 1.165) is 63.8 Å². The molecular formula is C23H39N5O. The van der Waals surface area contributed by atoms with E-state index in [1.807, 2.05) is 12.3 Å². The molecule has 1 aromatic heterocycles. The van der Waals surface area contributed by atoms with Gasteiger partial charge in [-0.3, -0.25) is 4.99 Å². The topological polar surface area (TPSA) is 61.8 Å². The molecule has 0 amide bonds. The van der Waals surface area contributed by atoms with Gasteiger partial charge < -0.3 is 20.3 Å². The number of pyridine rings is 1. The van der Waals surface area contributed by atoms with Crippen LogP contribution < -0.4 is 15.5 Å². The summed E-state index contributed by atoms with van der Waals surface area (Å²) in [6.45, 7) is 13.6. The predicted octanol–water partition coefficient (Wildman–Crippen LogP) is 3.45. The van der Waals surface area contributed by atoms with E-state index in [-0.39, 0.29) is 11.5 Å². The van der Waals surface area contributed by atoms with E-state index in [4.69, 9.17) is 9.73 Å². The molecule has 0 saturated carbocycles. The van der Waals surface area contributed by atoms with Crippen molar-refractivity contribution in [1.82, 2.24) is 15.6 Å². The average molecular weight is 402 g/mol. The summed E-state index contributed by atoms with van der Waals surface area (Å²) < 4.78 is 6.13. The minimum atomic E-state index is 0.157. The molecule has 2 saturated heterocycles. The van der Waals surface area contributed by atoms with Crippen molar-refractivity contribution < 1.29 is 4.74 Å². The van der Waals surface area contributed by atoms with Crippen molar-refractivity contribution in [2.24, 2.45) is 16.3 Å². The van der Waals surface area contributed by atoms with Crippen LogP contribution in [0.2, 0.25) is 0 Å². The lowest BCUT2D eigenvalue weighted by Crippen LogP contribution is -2.49. The fourth-order valence-corrected chi connectivity index (χ4v) is 4.50. The molecule has 2 aliphatic heterocycles. The number of ether oxygens (including phenoxy) is 1. The summed E-state index contributed by atoms with van der Waals surface area (Å²) in [6, 6.07) is 6.58. The predicted molar refractivity (Wildman–Crippen MR) is 121 cm³/mol. The standard InChI is InChI=1S/C23H39N5O/c1-5-24-22(26-17-18-9-8-16-29-21(18)23(2,3)4)27-19-11-14-28(15-12-19)20-10-6-7-13-25-20/h6-7,10,13,18-19,21H,5,8-9,11-12,14-17H2,1-4H3,(H2,24,26,27). The second kappa shape index (κ2) is 10.3. The van der Waals surface area contributed by atoms with E-state index >= 15 is 0 Å². The van der Waals surface area contributed by atoms with Gasteiger partial charge in [-0.2, -0.15) is 0 Å². The molecule has 29 heavy (non-hydrogen) atoms. The maximum atomic E-state index is 6.13. The smallest absolute Gasteiger partial charge is 0.191 e. The van der Waals surface area contributed by atoms with Gasteiger partial charge in [0.15, 0.2) is 5.96 Å². The van der Waals surface area contributed by atoms with Gasteiger partial charge in [0.05, 0.1) is 6.10 Å². The Labute approximate surface area is 176 Å². The zero-order valence-electron chi connectivity index (χ0n) is 18.7. The van der Waals surface area contributed by atoms with Crippen LogP contribution in [-0.2, 0) is 4.74 Å². The number of aromatic nitrogens is 1. The Balaban J connectivity index is 1.54. The second-order valence-electron chi connectivity index (χ2n) is 9.37. The molecule has 0 spiro atoms. The van der Waals surface area contributed by atoms with Gasteiger partial charge in [0, 0.05) is 50.9 Å². The molecule has 0 aromatic carbocycles. The van der Waals surface area contributed by atoms with Crippen molar-refractivity contribution in [1.29, 1.82) is 0 Å². The first-order chi connectivity index (χ1) is 14.0. The first-order valence-corrected chi connectivity index (χ1v) is 11.3. The monoisotopic (exact) mass is 401 g/mol. The zero-order chi connectivity index (χ0) is 20.7. The van der Waals surface area contributed by atoms with Crippen molar-refractivity contribution in [2.75, 3.05) is 37.7 Å². The van der Waals surface area contributed by atoms with Gasteiger partial charge in [0.1, 0.15) is 5.82 Å². The first kappa shape index (κ1) is 21.9. The molecule has 2 fully saturated rings. The number of rotatable bonds is 5. The van der Waals surface area contributed by atoms with E-state index in [9.17, 15) is 0 Å². The number of piperidine rings is 1. The van der Waals surface area contributed by atoms with Crippen LogP contribution in [0.5, 0.6) is 0 Å². The van der Waals surface area contributed by atoms with Crippen molar-refractivity contribution >= 4 is 11.8 Å². The lowest BCUT2D eigenvalue weighted by molar-refractivity contribution is -0.0823. The SMILES string of the molecule is CCNC(=NCC1CCCOC1C(C)(C)C)NC1CCN(c2ccccn2)CC1. The number of nitrogens with zero attached hydrogens (tertiary/aromatic N) is 3. The summed E-state index contributed by atoms with van der Waals surface area (Å²) in [4.78, 5) is 11.8. The Morgan fingerprint density at radius 1 is 1.24 bits per heavy atom. The Bertz CT molecular complexity index is 634. The van der Waals surface area contributed by atoms with Crippen molar-refractivity contribution in [3.8, 4) is 0 Å². The molecule has 2 atom stereocenters. The van der Waals surface area contributed by atoms with Crippen LogP contribution in [0.3, 0.4) is 0 Å². The van der Waals surface area contributed by atoms with Gasteiger partial charge in [-0.15, -0.1) is 0 Å². The van der Waals surface area contributed by atoms with Crippen LogP contribution in [-0.4, -0.2) is 55.9 Å². The lowest BCUT2D eigenvalue weighted by atomic mass is 9.78. The lowest BCUT2D eigenvalue weighted by Gasteiger charge is -2.39. The number of guanidine groups is 1. The van der Waals surface area contributed by atoms with Gasteiger partial charge in [-0.05, 0) is 50.2 Å². The largest absolute Gasteiger partial charge is 0.377 e. The summed E-state index contributed by atoms with van der Waals surface area (Å²) in [5.74, 6) is 2.52. The number of hydrogen-bond donors (Lipinski definition) is 2. The summed E-state index contributed by atoms with van der Waals surface area (Å²) in [7, 11) is 0. The normalized spacial score (nSPS) is 24.4. The molecule has 162 valence electrons. The Hall–Kier alpha value is -1.82. The van der Waals surface area contributed by atoms with Crippen LogP contribution in [0.15, 0.2) is 29.4 Å². The third-order valence-electron chi connectivity index (χ3n) is 5.94. The van der Waals surface area contributed by atoms with E-state index in [0.29, 0.717) is 12.0 Å². The maximum absolute atomic E-state index is 6.13. The number of hydrogen-bond acceptors (Lipinski definition) is 4. The number of aliphatic imine (C=N–C) groups is 1. The molecule has 0 bridgehead atoms. The van der Waals surface area contributed by atoms with Gasteiger partial charge in [-0.25, -0.2) is 4.98 Å². The molecule has 3 heterocycles. The highest BCUT2D eigenvalue weighted by Crippen LogP contribution is 2.34. The Morgan fingerprint density at radius 3 is 2.69 bits per heavy atom. The van der Waals surface area contributed by atoms with Gasteiger partial charge in [0.25, 0.3) is 0 Å². The van der Waals surface area contributed by atoms with E-state index in [2.05, 4.69) is 60.3 Å². The summed E-state index contributed by atoms with van der Waals surface area (Å²) in [5, 5.41) is 7.11. The molecule has 3 rings (SSSR count). The summed E-state index contributed by atoms with van der Waals surface area (Å²) >= 11 is 0. The van der Waals surface area contributed by atoms with Gasteiger partial charge in [-0.1, -0.05) is 26.8 Å². The summed E-state index contributed by atoms with van der Waals surface area (Å²) in [6.07, 6.45) is 6.69. The number of anilines is 1. The van der Waals surface area contributed by atoms with Crippen molar-refractivity contribution in [3.63, 3.8) is 0 Å². The van der Waals surface area contributed by atoms with E-state index in [1.54, 1.807) is 0 Å². The summed E-state index contributed by atoms with van der Waals surface area (Å²) in [5.41, 5.74) is 0.157. The average Bonchev–Trinajstić information content (AvgIpc) is 2.73. The third kappa shape index (κ3) is 6.33. The minimum Gasteiger partial charge on any atom is -0.377 e. The zero-order valence-corrected chi connectivity index (χ0v) is 18.7. The first-order valence-electron chi connectivity index (χ1n) is 11.3. The minimum absolute atomic E-state index is 0.157. The number of nitrogens with one attached hydrogen (secondary N) is 2. The molecule has 1 aromatic rings. The molecule has 0 radical (unpaired) electrons. The van der Waals surface area contributed by atoms with E-state index in [1.165, 1.54) is 6.42 Å². The van der Waals surface area contributed by atoms with Crippen molar-refractivity contribution in [2.45, 2.75) is 65.5 Å². The van der Waals surface area contributed by atoms with Crippen LogP contribution >= 0.6 is 0 Å².